The molecule has 0 saturated carbocycles. The predicted octanol–water partition coefficient (Wildman–Crippen LogP) is 0.910. The maximum atomic E-state index is 11.2. The van der Waals surface area contributed by atoms with E-state index in [2.05, 4.69) is 12.3 Å². The molecule has 0 aromatic heterocycles. The summed E-state index contributed by atoms with van der Waals surface area (Å²) < 4.78 is 0. The van der Waals surface area contributed by atoms with Gasteiger partial charge in [-0.3, -0.25) is 9.80 Å². The highest BCUT2D eigenvalue weighted by atomic mass is 16.2. The Hall–Kier alpha value is -0.570. The number of nitrogens with one attached hydrogen (secondary N) is 1. The fraction of sp³-hybridized carbons (Fsp3) is 0.875. The number of carbonyl (C=O) groups excluding carboxylic acids is 1. The van der Waals surface area contributed by atoms with Crippen LogP contribution in [0.5, 0.6) is 0 Å². The molecule has 1 rings (SSSR count). The van der Waals surface area contributed by atoms with Crippen LogP contribution >= 0.6 is 0 Å². The summed E-state index contributed by atoms with van der Waals surface area (Å²) in [4.78, 5) is 11.2. The Morgan fingerprint density at radius 1 is 1.73 bits per heavy atom. The van der Waals surface area contributed by atoms with Crippen molar-refractivity contribution < 1.29 is 4.79 Å². The summed E-state index contributed by atoms with van der Waals surface area (Å²) in [5, 5.41) is 1.73. The molecule has 11 heavy (non-hydrogen) atoms. The van der Waals surface area contributed by atoms with E-state index in [1.165, 1.54) is 0 Å². The molecule has 1 unspecified atom stereocenters. The molecule has 0 aliphatic carbocycles. The van der Waals surface area contributed by atoms with Crippen LogP contribution in [-0.4, -0.2) is 23.0 Å². The smallest absolute Gasteiger partial charge is 0.238 e. The molecule has 0 radical (unpaired) electrons. The number of hydrogen-bond acceptors (Lipinski definition) is 2. The first-order valence-corrected chi connectivity index (χ1v) is 4.23. The molecule has 1 fully saturated rings. The number of hydrazine groups is 1. The first-order chi connectivity index (χ1) is 5.15. The van der Waals surface area contributed by atoms with Crippen LogP contribution < -0.4 is 5.43 Å². The number of carbonyl (C=O) groups is 1. The zero-order chi connectivity index (χ0) is 8.43. The van der Waals surface area contributed by atoms with Gasteiger partial charge in [-0.05, 0) is 20.3 Å². The second-order valence-corrected chi connectivity index (χ2v) is 3.30. The summed E-state index contributed by atoms with van der Waals surface area (Å²) in [5.74, 6) is 0.229. The third kappa shape index (κ3) is 1.71. The van der Waals surface area contributed by atoms with Gasteiger partial charge in [0, 0.05) is 18.5 Å². The van der Waals surface area contributed by atoms with Crippen molar-refractivity contribution in [3.05, 3.63) is 0 Å². The quantitative estimate of drug-likeness (QED) is 0.644. The van der Waals surface area contributed by atoms with Gasteiger partial charge < -0.3 is 0 Å². The Balaban J connectivity index is 2.52. The van der Waals surface area contributed by atoms with E-state index in [0.29, 0.717) is 12.5 Å². The summed E-state index contributed by atoms with van der Waals surface area (Å²) >= 11 is 0. The lowest BCUT2D eigenvalue weighted by atomic mass is 10.2. The van der Waals surface area contributed by atoms with Gasteiger partial charge in [0.2, 0.25) is 5.91 Å². The molecule has 0 bridgehead atoms. The SMILES string of the molecule is CCC1CC(=O)N(C(C)C)N1. The molecule has 1 heterocycles. The van der Waals surface area contributed by atoms with E-state index < -0.39 is 0 Å². The molecule has 64 valence electrons. The molecular weight excluding hydrogens is 140 g/mol. The number of nitrogens with zero attached hydrogens (tertiary/aromatic N) is 1. The van der Waals surface area contributed by atoms with Crippen LogP contribution in [0.15, 0.2) is 0 Å². The Labute approximate surface area is 67.7 Å². The number of hydrogen-bond donors (Lipinski definition) is 1. The van der Waals surface area contributed by atoms with Gasteiger partial charge in [0.1, 0.15) is 0 Å². The highest BCUT2D eigenvalue weighted by molar-refractivity contribution is 5.78. The minimum Gasteiger partial charge on any atom is -0.275 e. The fourth-order valence-corrected chi connectivity index (χ4v) is 1.30. The lowest BCUT2D eigenvalue weighted by Crippen LogP contribution is -2.42. The zero-order valence-electron chi connectivity index (χ0n) is 7.42. The predicted molar refractivity (Wildman–Crippen MR) is 43.8 cm³/mol. The van der Waals surface area contributed by atoms with Crippen molar-refractivity contribution in [1.82, 2.24) is 10.4 Å². The van der Waals surface area contributed by atoms with Gasteiger partial charge in [-0.15, -0.1) is 0 Å². The Bertz CT molecular complexity index is 156. The monoisotopic (exact) mass is 156 g/mol. The molecule has 0 aromatic carbocycles. The summed E-state index contributed by atoms with van der Waals surface area (Å²) in [6.45, 7) is 6.13. The van der Waals surface area contributed by atoms with Gasteiger partial charge in [-0.1, -0.05) is 6.92 Å². The van der Waals surface area contributed by atoms with Gasteiger partial charge in [0.25, 0.3) is 0 Å². The number of rotatable bonds is 2. The zero-order valence-corrected chi connectivity index (χ0v) is 7.42. The second kappa shape index (κ2) is 3.22. The molecule has 1 amide bonds. The van der Waals surface area contributed by atoms with E-state index in [1.54, 1.807) is 5.01 Å². The van der Waals surface area contributed by atoms with Gasteiger partial charge in [-0.25, -0.2) is 5.43 Å². The molecule has 0 aromatic rings. The first-order valence-electron chi connectivity index (χ1n) is 4.23. The fourth-order valence-electron chi connectivity index (χ4n) is 1.30. The molecular formula is C8H16N2O. The Morgan fingerprint density at radius 2 is 2.36 bits per heavy atom. The maximum Gasteiger partial charge on any atom is 0.238 e. The van der Waals surface area contributed by atoms with E-state index >= 15 is 0 Å². The average molecular weight is 156 g/mol. The second-order valence-electron chi connectivity index (χ2n) is 3.30. The van der Waals surface area contributed by atoms with Crippen LogP contribution in [0.3, 0.4) is 0 Å². The van der Waals surface area contributed by atoms with Crippen molar-refractivity contribution in [1.29, 1.82) is 0 Å². The molecule has 1 atom stereocenters. The van der Waals surface area contributed by atoms with Crippen LogP contribution in [0.2, 0.25) is 0 Å². The van der Waals surface area contributed by atoms with Crippen molar-refractivity contribution in [2.45, 2.75) is 45.7 Å². The molecule has 1 N–H and O–H groups in total. The minimum absolute atomic E-state index is 0.229. The molecule has 1 aliphatic rings. The minimum atomic E-state index is 0.229. The Morgan fingerprint density at radius 3 is 2.64 bits per heavy atom. The third-order valence-electron chi connectivity index (χ3n) is 2.02. The largest absolute Gasteiger partial charge is 0.275 e. The average Bonchev–Trinajstić information content (AvgIpc) is 2.30. The van der Waals surface area contributed by atoms with Crippen LogP contribution in [0.4, 0.5) is 0 Å². The highest BCUT2D eigenvalue weighted by Crippen LogP contribution is 2.12. The normalized spacial score (nSPS) is 25.3. The standard InChI is InChI=1S/C8H16N2O/c1-4-7-5-8(11)10(9-7)6(2)3/h6-7,9H,4-5H2,1-3H3. The molecule has 0 spiro atoms. The van der Waals surface area contributed by atoms with E-state index in [-0.39, 0.29) is 11.9 Å². The van der Waals surface area contributed by atoms with E-state index in [1.807, 2.05) is 13.8 Å². The lowest BCUT2D eigenvalue weighted by molar-refractivity contribution is -0.131. The Kier molecular flexibility index (Phi) is 2.49. The molecule has 3 nitrogen and oxygen atoms in total. The van der Waals surface area contributed by atoms with Crippen molar-refractivity contribution >= 4 is 5.91 Å². The topological polar surface area (TPSA) is 32.3 Å². The first kappa shape index (κ1) is 8.53. The summed E-state index contributed by atoms with van der Waals surface area (Å²) in [7, 11) is 0. The van der Waals surface area contributed by atoms with E-state index in [9.17, 15) is 4.79 Å². The highest BCUT2D eigenvalue weighted by Gasteiger charge is 2.28. The van der Waals surface area contributed by atoms with Crippen LogP contribution in [0.1, 0.15) is 33.6 Å². The van der Waals surface area contributed by atoms with Crippen LogP contribution in [0.25, 0.3) is 0 Å². The lowest BCUT2D eigenvalue weighted by Gasteiger charge is -2.21. The number of amides is 1. The van der Waals surface area contributed by atoms with Gasteiger partial charge in [0.15, 0.2) is 0 Å². The van der Waals surface area contributed by atoms with Gasteiger partial charge in [0.05, 0.1) is 0 Å². The van der Waals surface area contributed by atoms with Crippen molar-refractivity contribution in [2.24, 2.45) is 0 Å². The van der Waals surface area contributed by atoms with Crippen LogP contribution in [0, 0.1) is 0 Å². The molecule has 1 aliphatic heterocycles. The van der Waals surface area contributed by atoms with E-state index in [4.69, 9.17) is 0 Å². The summed E-state index contributed by atoms with van der Waals surface area (Å²) in [5.41, 5.74) is 3.17. The molecule has 1 saturated heterocycles. The van der Waals surface area contributed by atoms with Gasteiger partial charge >= 0.3 is 0 Å². The van der Waals surface area contributed by atoms with E-state index in [0.717, 1.165) is 6.42 Å². The summed E-state index contributed by atoms with van der Waals surface area (Å²) in [6, 6.07) is 0.643. The van der Waals surface area contributed by atoms with Crippen molar-refractivity contribution in [3.8, 4) is 0 Å². The third-order valence-corrected chi connectivity index (χ3v) is 2.02. The molecule has 3 heteroatoms. The van der Waals surface area contributed by atoms with Crippen molar-refractivity contribution in [2.75, 3.05) is 0 Å². The maximum absolute atomic E-state index is 11.2. The summed E-state index contributed by atoms with van der Waals surface area (Å²) in [6.07, 6.45) is 1.68. The van der Waals surface area contributed by atoms with Gasteiger partial charge in [-0.2, -0.15) is 0 Å². The van der Waals surface area contributed by atoms with Crippen LogP contribution in [-0.2, 0) is 4.79 Å². The van der Waals surface area contributed by atoms with Crippen molar-refractivity contribution in [3.63, 3.8) is 0 Å².